The summed E-state index contributed by atoms with van der Waals surface area (Å²) in [6.45, 7) is 6.65. The van der Waals surface area contributed by atoms with E-state index in [4.69, 9.17) is 0 Å². The third-order valence-electron chi connectivity index (χ3n) is 2.45. The molecule has 1 nitrogen and oxygen atoms in total. The first-order valence-electron chi connectivity index (χ1n) is 6.28. The van der Waals surface area contributed by atoms with E-state index < -0.39 is 0 Å². The van der Waals surface area contributed by atoms with Gasteiger partial charge in [0.25, 0.3) is 0 Å². The molecule has 1 rings (SSSR count). The van der Waals surface area contributed by atoms with E-state index in [1.165, 1.54) is 5.56 Å². The van der Waals surface area contributed by atoms with Gasteiger partial charge < -0.3 is 5.32 Å². The Morgan fingerprint density at radius 3 is 2.82 bits per heavy atom. The van der Waals surface area contributed by atoms with E-state index in [2.05, 4.69) is 71.5 Å². The lowest BCUT2D eigenvalue weighted by Crippen LogP contribution is -2.20. The molecule has 0 fully saturated rings. The molecule has 0 aromatic heterocycles. The van der Waals surface area contributed by atoms with Gasteiger partial charge in [0.1, 0.15) is 0 Å². The molecule has 0 radical (unpaired) electrons. The molecule has 0 saturated carbocycles. The third-order valence-corrected chi connectivity index (χ3v) is 2.94. The fourth-order valence-electron chi connectivity index (χ4n) is 1.58. The Labute approximate surface area is 113 Å². The fourth-order valence-corrected chi connectivity index (χ4v) is 2.02. The van der Waals surface area contributed by atoms with Crippen molar-refractivity contribution in [2.75, 3.05) is 13.1 Å². The summed E-state index contributed by atoms with van der Waals surface area (Å²) in [6.07, 6.45) is 6.64. The number of allylic oxidation sites excluding steroid dienone is 1. The number of nitrogens with one attached hydrogen (secondary N) is 1. The van der Waals surface area contributed by atoms with E-state index in [-0.39, 0.29) is 0 Å². The van der Waals surface area contributed by atoms with Crippen LogP contribution in [0, 0.1) is 5.92 Å². The zero-order valence-electron chi connectivity index (χ0n) is 10.7. The highest BCUT2D eigenvalue weighted by atomic mass is 79.9. The van der Waals surface area contributed by atoms with Crippen LogP contribution in [0.25, 0.3) is 0 Å². The molecule has 0 aliphatic heterocycles. The van der Waals surface area contributed by atoms with E-state index in [0.29, 0.717) is 0 Å². The molecule has 94 valence electrons. The van der Waals surface area contributed by atoms with Crippen molar-refractivity contribution in [3.63, 3.8) is 0 Å². The molecule has 0 aliphatic carbocycles. The second kappa shape index (κ2) is 8.48. The normalized spacial score (nSPS) is 11.5. The van der Waals surface area contributed by atoms with Crippen molar-refractivity contribution in [2.45, 2.75) is 26.7 Å². The molecule has 1 aromatic rings. The van der Waals surface area contributed by atoms with E-state index in [9.17, 15) is 0 Å². The summed E-state index contributed by atoms with van der Waals surface area (Å²) in [5.74, 6) is 0.737. The van der Waals surface area contributed by atoms with E-state index in [1.54, 1.807) is 0 Å². The number of halogens is 1. The predicted octanol–water partition coefficient (Wildman–Crippen LogP) is 4.18. The summed E-state index contributed by atoms with van der Waals surface area (Å²) in [6, 6.07) is 8.47. The highest BCUT2D eigenvalue weighted by Gasteiger charge is 1.92. The minimum Gasteiger partial charge on any atom is -0.316 e. The van der Waals surface area contributed by atoms with Crippen molar-refractivity contribution in [3.8, 4) is 0 Å². The highest BCUT2D eigenvalue weighted by molar-refractivity contribution is 9.10. The summed E-state index contributed by atoms with van der Waals surface area (Å²) in [5, 5.41) is 3.43. The van der Waals surface area contributed by atoms with Crippen molar-refractivity contribution >= 4 is 15.9 Å². The van der Waals surface area contributed by atoms with Gasteiger partial charge in [-0.05, 0) is 49.5 Å². The molecule has 0 spiro atoms. The monoisotopic (exact) mass is 295 g/mol. The van der Waals surface area contributed by atoms with Crippen LogP contribution in [0.15, 0.2) is 40.9 Å². The molecule has 0 amide bonds. The largest absolute Gasteiger partial charge is 0.316 e. The van der Waals surface area contributed by atoms with Gasteiger partial charge in [-0.3, -0.25) is 0 Å². The molecule has 1 N–H and O–H groups in total. The fraction of sp³-hybridized carbons (Fsp3) is 0.467. The summed E-state index contributed by atoms with van der Waals surface area (Å²) in [4.78, 5) is 0. The SMILES string of the molecule is CC(C)CNCCC=CCc1cccc(Br)c1. The second-order valence-corrected chi connectivity index (χ2v) is 5.61. The number of hydrogen-bond donors (Lipinski definition) is 1. The van der Waals surface area contributed by atoms with Crippen LogP contribution in [0.4, 0.5) is 0 Å². The van der Waals surface area contributed by atoms with Gasteiger partial charge in [0.2, 0.25) is 0 Å². The van der Waals surface area contributed by atoms with Gasteiger partial charge in [-0.15, -0.1) is 0 Å². The van der Waals surface area contributed by atoms with Crippen molar-refractivity contribution in [1.82, 2.24) is 5.32 Å². The molecule has 0 atom stereocenters. The first-order chi connectivity index (χ1) is 8.18. The molecule has 0 heterocycles. The number of benzene rings is 1. The van der Waals surface area contributed by atoms with Crippen LogP contribution in [0.2, 0.25) is 0 Å². The van der Waals surface area contributed by atoms with Crippen LogP contribution < -0.4 is 5.32 Å². The molecule has 0 bridgehead atoms. The molecule has 2 heteroatoms. The van der Waals surface area contributed by atoms with E-state index in [0.717, 1.165) is 36.3 Å². The average Bonchev–Trinajstić information content (AvgIpc) is 2.27. The summed E-state index contributed by atoms with van der Waals surface area (Å²) in [5.41, 5.74) is 1.35. The van der Waals surface area contributed by atoms with Gasteiger partial charge >= 0.3 is 0 Å². The Kier molecular flexibility index (Phi) is 7.22. The smallest absolute Gasteiger partial charge is 0.0178 e. The lowest BCUT2D eigenvalue weighted by molar-refractivity contribution is 0.556. The zero-order valence-corrected chi connectivity index (χ0v) is 12.3. The standard InChI is InChI=1S/C15H22BrN/c1-13(2)12-17-10-5-3-4-7-14-8-6-9-15(16)11-14/h3-4,6,8-9,11,13,17H,5,7,10,12H2,1-2H3. The lowest BCUT2D eigenvalue weighted by atomic mass is 10.1. The van der Waals surface area contributed by atoms with Crippen molar-refractivity contribution in [2.24, 2.45) is 5.92 Å². The summed E-state index contributed by atoms with van der Waals surface area (Å²) < 4.78 is 1.15. The van der Waals surface area contributed by atoms with E-state index >= 15 is 0 Å². The summed E-state index contributed by atoms with van der Waals surface area (Å²) >= 11 is 3.48. The Morgan fingerprint density at radius 2 is 2.12 bits per heavy atom. The molecule has 0 saturated heterocycles. The second-order valence-electron chi connectivity index (χ2n) is 4.69. The number of rotatable bonds is 7. The molecule has 0 aliphatic rings. The first kappa shape index (κ1) is 14.5. The zero-order chi connectivity index (χ0) is 12.5. The highest BCUT2D eigenvalue weighted by Crippen LogP contribution is 2.12. The van der Waals surface area contributed by atoms with Crippen LogP contribution in [0.5, 0.6) is 0 Å². The van der Waals surface area contributed by atoms with Gasteiger partial charge in [-0.25, -0.2) is 0 Å². The maximum absolute atomic E-state index is 3.48. The first-order valence-corrected chi connectivity index (χ1v) is 7.08. The Balaban J connectivity index is 2.14. The van der Waals surface area contributed by atoms with Crippen LogP contribution in [0.1, 0.15) is 25.8 Å². The van der Waals surface area contributed by atoms with Crippen LogP contribution in [0.3, 0.4) is 0 Å². The Hall–Kier alpha value is -0.600. The third kappa shape index (κ3) is 7.35. The van der Waals surface area contributed by atoms with Crippen LogP contribution >= 0.6 is 15.9 Å². The quantitative estimate of drug-likeness (QED) is 0.588. The van der Waals surface area contributed by atoms with Crippen molar-refractivity contribution in [1.29, 1.82) is 0 Å². The van der Waals surface area contributed by atoms with Crippen LogP contribution in [-0.2, 0) is 6.42 Å². The summed E-state index contributed by atoms with van der Waals surface area (Å²) in [7, 11) is 0. The van der Waals surface area contributed by atoms with Crippen molar-refractivity contribution in [3.05, 3.63) is 46.5 Å². The van der Waals surface area contributed by atoms with Crippen molar-refractivity contribution < 1.29 is 0 Å². The predicted molar refractivity (Wildman–Crippen MR) is 79.3 cm³/mol. The molecule has 0 unspecified atom stereocenters. The molecule has 17 heavy (non-hydrogen) atoms. The lowest BCUT2D eigenvalue weighted by Gasteiger charge is -2.04. The molecular formula is C15H22BrN. The minimum atomic E-state index is 0.737. The van der Waals surface area contributed by atoms with Gasteiger partial charge in [-0.1, -0.05) is 54.1 Å². The van der Waals surface area contributed by atoms with Gasteiger partial charge in [0.15, 0.2) is 0 Å². The maximum atomic E-state index is 3.48. The Morgan fingerprint density at radius 1 is 1.29 bits per heavy atom. The average molecular weight is 296 g/mol. The molecular weight excluding hydrogens is 274 g/mol. The van der Waals surface area contributed by atoms with Gasteiger partial charge in [-0.2, -0.15) is 0 Å². The topological polar surface area (TPSA) is 12.0 Å². The number of hydrogen-bond acceptors (Lipinski definition) is 1. The van der Waals surface area contributed by atoms with Crippen LogP contribution in [-0.4, -0.2) is 13.1 Å². The maximum Gasteiger partial charge on any atom is 0.0178 e. The van der Waals surface area contributed by atoms with Gasteiger partial charge in [0.05, 0.1) is 0 Å². The molecule has 1 aromatic carbocycles. The van der Waals surface area contributed by atoms with Gasteiger partial charge in [0, 0.05) is 4.47 Å². The van der Waals surface area contributed by atoms with E-state index in [1.807, 2.05) is 0 Å². The minimum absolute atomic E-state index is 0.737. The Bertz CT molecular complexity index is 345.